The average molecular weight is 272 g/mol. The van der Waals surface area contributed by atoms with Crippen molar-refractivity contribution >= 4 is 15.7 Å². The first-order valence-electron chi connectivity index (χ1n) is 4.86. The Balaban J connectivity index is 3.35. The van der Waals surface area contributed by atoms with Gasteiger partial charge in [-0.15, -0.1) is 0 Å². The summed E-state index contributed by atoms with van der Waals surface area (Å²) in [6, 6.07) is 3.19. The van der Waals surface area contributed by atoms with Gasteiger partial charge in [-0.3, -0.25) is 10.1 Å². The third kappa shape index (κ3) is 3.28. The lowest BCUT2D eigenvalue weighted by molar-refractivity contribution is -0.385. The molecule has 0 radical (unpaired) electrons. The highest BCUT2D eigenvalue weighted by Crippen LogP contribution is 2.28. The lowest BCUT2D eigenvalue weighted by Gasteiger charge is -2.13. The van der Waals surface area contributed by atoms with Crippen LogP contribution in [0.15, 0.2) is 35.7 Å². The Bertz CT molecular complexity index is 582. The maximum absolute atomic E-state index is 11.3. The predicted molar refractivity (Wildman–Crippen MR) is 64.8 cm³/mol. The van der Waals surface area contributed by atoms with Gasteiger partial charge in [-0.1, -0.05) is 12.7 Å². The highest BCUT2D eigenvalue weighted by atomic mass is 32.2. The van der Waals surface area contributed by atoms with Crippen LogP contribution in [0.4, 0.5) is 5.69 Å². The second-order valence-corrected chi connectivity index (χ2v) is 5.02. The molecule has 0 bridgehead atoms. The summed E-state index contributed by atoms with van der Waals surface area (Å²) in [5.41, 5.74) is -0.377. The first-order chi connectivity index (χ1) is 8.25. The Morgan fingerprint density at radius 3 is 2.61 bits per heavy atom. The Hall–Kier alpha value is -1.93. The van der Waals surface area contributed by atoms with E-state index in [-0.39, 0.29) is 11.4 Å². The summed E-state index contributed by atoms with van der Waals surface area (Å²) in [4.78, 5) is 9.44. The topological polar surface area (TPSA) is 113 Å². The van der Waals surface area contributed by atoms with Crippen molar-refractivity contribution in [3.05, 3.63) is 41.0 Å². The van der Waals surface area contributed by atoms with Crippen LogP contribution in [0.25, 0.3) is 0 Å². The Labute approximate surface area is 104 Å². The van der Waals surface area contributed by atoms with Crippen molar-refractivity contribution in [1.29, 1.82) is 0 Å². The molecule has 0 heterocycles. The normalized spacial score (nSPS) is 12.8. The molecule has 7 nitrogen and oxygen atoms in total. The summed E-state index contributed by atoms with van der Waals surface area (Å²) in [6.07, 6.45) is 1.00. The van der Waals surface area contributed by atoms with Gasteiger partial charge in [-0.2, -0.15) is 0 Å². The number of primary sulfonamides is 1. The molecule has 8 heteroatoms. The molecule has 0 amide bonds. The molecule has 0 fully saturated rings. The molecule has 0 spiro atoms. The summed E-state index contributed by atoms with van der Waals surface area (Å²) in [7, 11) is -4.11. The Morgan fingerprint density at radius 1 is 1.56 bits per heavy atom. The van der Waals surface area contributed by atoms with Crippen LogP contribution >= 0.6 is 0 Å². The van der Waals surface area contributed by atoms with Crippen LogP contribution in [-0.4, -0.2) is 19.4 Å². The van der Waals surface area contributed by atoms with E-state index in [0.717, 1.165) is 12.1 Å². The summed E-state index contributed by atoms with van der Waals surface area (Å²) in [5, 5.41) is 15.6. The number of benzene rings is 1. The molecule has 0 saturated heterocycles. The SMILES string of the molecule is C=CC(C)Oc1ccc([N+](=O)[O-])cc1S(N)(=O)=O. The van der Waals surface area contributed by atoms with Gasteiger partial charge < -0.3 is 4.74 Å². The maximum atomic E-state index is 11.3. The fourth-order valence-electron chi connectivity index (χ4n) is 1.18. The molecule has 2 N–H and O–H groups in total. The fraction of sp³-hybridized carbons (Fsp3) is 0.200. The monoisotopic (exact) mass is 272 g/mol. The summed E-state index contributed by atoms with van der Waals surface area (Å²) < 4.78 is 28.0. The first-order valence-corrected chi connectivity index (χ1v) is 6.41. The quantitative estimate of drug-likeness (QED) is 0.491. The average Bonchev–Trinajstić information content (AvgIpc) is 2.27. The lowest BCUT2D eigenvalue weighted by atomic mass is 10.3. The van der Waals surface area contributed by atoms with Gasteiger partial charge in [0.05, 0.1) is 4.92 Å². The second kappa shape index (κ2) is 5.15. The molecule has 0 aromatic heterocycles. The number of nitro benzene ring substituents is 1. The van der Waals surface area contributed by atoms with Gasteiger partial charge in [0.2, 0.25) is 10.0 Å². The summed E-state index contributed by atoms with van der Waals surface area (Å²) in [5.74, 6) is -0.0458. The zero-order chi connectivity index (χ0) is 13.9. The van der Waals surface area contributed by atoms with Crippen LogP contribution in [0.3, 0.4) is 0 Å². The number of non-ortho nitro benzene ring substituents is 1. The third-order valence-electron chi connectivity index (χ3n) is 2.09. The molecule has 1 aromatic rings. The van der Waals surface area contributed by atoms with Crippen molar-refractivity contribution in [2.24, 2.45) is 5.14 Å². The molecule has 98 valence electrons. The minimum atomic E-state index is -4.11. The molecule has 1 aromatic carbocycles. The largest absolute Gasteiger partial charge is 0.485 e. The molecule has 0 aliphatic rings. The second-order valence-electron chi connectivity index (χ2n) is 3.49. The number of nitrogens with zero attached hydrogens (tertiary/aromatic N) is 1. The summed E-state index contributed by atoms with van der Waals surface area (Å²) >= 11 is 0. The number of sulfonamides is 1. The van der Waals surface area contributed by atoms with Gasteiger partial charge in [0.15, 0.2) is 0 Å². The van der Waals surface area contributed by atoms with E-state index in [1.54, 1.807) is 6.92 Å². The van der Waals surface area contributed by atoms with Crippen molar-refractivity contribution in [2.75, 3.05) is 0 Å². The van der Waals surface area contributed by atoms with Gasteiger partial charge in [-0.25, -0.2) is 13.6 Å². The van der Waals surface area contributed by atoms with Crippen LogP contribution in [-0.2, 0) is 10.0 Å². The number of nitro groups is 1. The van der Waals surface area contributed by atoms with Crippen molar-refractivity contribution in [1.82, 2.24) is 0 Å². The third-order valence-corrected chi connectivity index (χ3v) is 3.02. The molecule has 18 heavy (non-hydrogen) atoms. The number of nitrogens with two attached hydrogens (primary N) is 1. The molecule has 0 aliphatic heterocycles. The van der Waals surface area contributed by atoms with E-state index in [1.165, 1.54) is 12.1 Å². The van der Waals surface area contributed by atoms with Crippen molar-refractivity contribution < 1.29 is 18.1 Å². The van der Waals surface area contributed by atoms with Gasteiger partial charge in [-0.05, 0) is 13.0 Å². The number of hydrogen-bond donors (Lipinski definition) is 1. The Kier molecular flexibility index (Phi) is 4.04. The highest BCUT2D eigenvalue weighted by Gasteiger charge is 2.20. The van der Waals surface area contributed by atoms with E-state index in [0.29, 0.717) is 0 Å². The van der Waals surface area contributed by atoms with E-state index >= 15 is 0 Å². The predicted octanol–water partition coefficient (Wildman–Crippen LogP) is 1.20. The van der Waals surface area contributed by atoms with E-state index in [1.807, 2.05) is 0 Å². The van der Waals surface area contributed by atoms with Crippen LogP contribution in [0.1, 0.15) is 6.92 Å². The minimum absolute atomic E-state index is 0.0458. The highest BCUT2D eigenvalue weighted by molar-refractivity contribution is 7.89. The van der Waals surface area contributed by atoms with E-state index in [4.69, 9.17) is 9.88 Å². The summed E-state index contributed by atoms with van der Waals surface area (Å²) in [6.45, 7) is 5.12. The smallest absolute Gasteiger partial charge is 0.271 e. The maximum Gasteiger partial charge on any atom is 0.271 e. The zero-order valence-electron chi connectivity index (χ0n) is 9.57. The van der Waals surface area contributed by atoms with Crippen LogP contribution in [0.5, 0.6) is 5.75 Å². The van der Waals surface area contributed by atoms with E-state index in [9.17, 15) is 18.5 Å². The Morgan fingerprint density at radius 2 is 2.17 bits per heavy atom. The first kappa shape index (κ1) is 14.1. The van der Waals surface area contributed by atoms with Crippen molar-refractivity contribution in [2.45, 2.75) is 17.9 Å². The van der Waals surface area contributed by atoms with Gasteiger partial charge >= 0.3 is 0 Å². The number of rotatable bonds is 5. The van der Waals surface area contributed by atoms with Gasteiger partial charge in [0.25, 0.3) is 5.69 Å². The standard InChI is InChI=1S/C10H12N2O5S/c1-3-7(2)17-9-5-4-8(12(13)14)6-10(9)18(11,15)16/h3-7H,1H2,2H3,(H2,11,15,16). The number of ether oxygens (including phenoxy) is 1. The zero-order valence-corrected chi connectivity index (χ0v) is 10.4. The molecule has 1 unspecified atom stereocenters. The van der Waals surface area contributed by atoms with E-state index in [2.05, 4.69) is 6.58 Å². The molecular weight excluding hydrogens is 260 g/mol. The van der Waals surface area contributed by atoms with E-state index < -0.39 is 25.9 Å². The molecular formula is C10H12N2O5S. The molecule has 0 aliphatic carbocycles. The van der Waals surface area contributed by atoms with Crippen molar-refractivity contribution in [3.63, 3.8) is 0 Å². The van der Waals surface area contributed by atoms with Crippen LogP contribution in [0.2, 0.25) is 0 Å². The lowest BCUT2D eigenvalue weighted by Crippen LogP contribution is -2.16. The van der Waals surface area contributed by atoms with Gasteiger partial charge in [0, 0.05) is 12.1 Å². The molecule has 0 saturated carbocycles. The van der Waals surface area contributed by atoms with Gasteiger partial charge in [0.1, 0.15) is 16.7 Å². The van der Waals surface area contributed by atoms with Crippen LogP contribution in [0, 0.1) is 10.1 Å². The minimum Gasteiger partial charge on any atom is -0.485 e. The van der Waals surface area contributed by atoms with Crippen LogP contribution < -0.4 is 9.88 Å². The molecule has 1 atom stereocenters. The number of hydrogen-bond acceptors (Lipinski definition) is 5. The van der Waals surface area contributed by atoms with Crippen molar-refractivity contribution in [3.8, 4) is 5.75 Å². The fourth-order valence-corrected chi connectivity index (χ4v) is 1.86. The molecule has 1 rings (SSSR count).